The number of hydrogen-bond acceptors (Lipinski definition) is 3. The highest BCUT2D eigenvalue weighted by Crippen LogP contribution is 2.62. The van der Waals surface area contributed by atoms with Gasteiger partial charge in [0.15, 0.2) is 0 Å². The van der Waals surface area contributed by atoms with Crippen LogP contribution in [0.1, 0.15) is 37.8 Å². The van der Waals surface area contributed by atoms with Crippen molar-refractivity contribution < 1.29 is 14.6 Å². The average Bonchev–Trinajstić information content (AvgIpc) is 3.31. The van der Waals surface area contributed by atoms with Gasteiger partial charge in [-0.05, 0) is 59.7 Å². The van der Waals surface area contributed by atoms with Crippen molar-refractivity contribution in [2.75, 3.05) is 12.8 Å². The van der Waals surface area contributed by atoms with Crippen molar-refractivity contribution in [1.82, 2.24) is 0 Å². The van der Waals surface area contributed by atoms with Crippen molar-refractivity contribution in [3.63, 3.8) is 0 Å². The van der Waals surface area contributed by atoms with Crippen molar-refractivity contribution in [3.8, 4) is 5.75 Å². The molecule has 1 atom stereocenters. The Labute approximate surface area is 154 Å². The summed E-state index contributed by atoms with van der Waals surface area (Å²) < 4.78 is 5.26. The van der Waals surface area contributed by atoms with Crippen LogP contribution >= 0.6 is 0 Å². The number of ether oxygens (including phenoxy) is 1. The molecule has 4 heteroatoms. The molecule has 3 rings (SSSR count). The highest BCUT2D eigenvalue weighted by atomic mass is 16.5. The molecular weight excluding hydrogens is 326 g/mol. The number of nitrogen functional groups attached to an aromatic ring is 1. The van der Waals surface area contributed by atoms with Gasteiger partial charge in [-0.2, -0.15) is 0 Å². The summed E-state index contributed by atoms with van der Waals surface area (Å²) in [4.78, 5) is 12.1. The normalized spacial score (nSPS) is 18.9. The van der Waals surface area contributed by atoms with Gasteiger partial charge >= 0.3 is 5.97 Å². The van der Waals surface area contributed by atoms with Crippen LogP contribution in [0.5, 0.6) is 5.75 Å². The molecule has 0 amide bonds. The van der Waals surface area contributed by atoms with E-state index >= 15 is 0 Å². The zero-order valence-corrected chi connectivity index (χ0v) is 15.5. The molecule has 4 nitrogen and oxygen atoms in total. The highest BCUT2D eigenvalue weighted by molar-refractivity contribution is 6.15. The van der Waals surface area contributed by atoms with E-state index in [1.807, 2.05) is 48.5 Å². The first-order chi connectivity index (χ1) is 12.4. The second kappa shape index (κ2) is 6.87. The third kappa shape index (κ3) is 3.07. The lowest BCUT2D eigenvalue weighted by atomic mass is 9.80. The van der Waals surface area contributed by atoms with Crippen molar-refractivity contribution in [2.24, 2.45) is 5.92 Å². The predicted molar refractivity (Wildman–Crippen MR) is 104 cm³/mol. The number of aliphatic carboxylic acids is 1. The first-order valence-electron chi connectivity index (χ1n) is 8.89. The molecule has 0 heterocycles. The third-order valence-electron chi connectivity index (χ3n) is 5.13. The Kier molecular flexibility index (Phi) is 4.77. The molecule has 0 spiro atoms. The predicted octanol–water partition coefficient (Wildman–Crippen LogP) is 4.50. The van der Waals surface area contributed by atoms with Crippen LogP contribution in [0.4, 0.5) is 5.69 Å². The molecule has 3 N–H and O–H groups in total. The molecule has 0 aromatic heterocycles. The maximum atomic E-state index is 12.1. The molecule has 0 radical (unpaired) electrons. The Balaban J connectivity index is 2.08. The fourth-order valence-electron chi connectivity index (χ4n) is 3.71. The van der Waals surface area contributed by atoms with Gasteiger partial charge in [-0.25, -0.2) is 4.79 Å². The van der Waals surface area contributed by atoms with Gasteiger partial charge in [0, 0.05) is 5.69 Å². The monoisotopic (exact) mass is 351 g/mol. The average molecular weight is 351 g/mol. The molecule has 0 fully saturated rings. The number of methoxy groups -OCH3 is 1. The lowest BCUT2D eigenvalue weighted by Crippen LogP contribution is -2.18. The van der Waals surface area contributed by atoms with Crippen LogP contribution in [0.3, 0.4) is 0 Å². The van der Waals surface area contributed by atoms with E-state index in [-0.39, 0.29) is 0 Å². The minimum absolute atomic E-state index is 0.494. The molecule has 1 aliphatic rings. The van der Waals surface area contributed by atoms with Gasteiger partial charge in [-0.1, -0.05) is 38.1 Å². The fraction of sp³-hybridized carbons (Fsp3) is 0.318. The number of carbonyl (C=O) groups is 1. The smallest absolute Gasteiger partial charge is 0.333 e. The minimum Gasteiger partial charge on any atom is -0.497 e. The largest absolute Gasteiger partial charge is 0.497 e. The summed E-state index contributed by atoms with van der Waals surface area (Å²) in [6, 6.07) is 15.2. The zero-order chi connectivity index (χ0) is 18.9. The summed E-state index contributed by atoms with van der Waals surface area (Å²) in [7, 11) is 1.63. The summed E-state index contributed by atoms with van der Waals surface area (Å²) in [5, 5.41) is 9.90. The van der Waals surface area contributed by atoms with Crippen LogP contribution in [-0.2, 0) is 10.2 Å². The quantitative estimate of drug-likeness (QED) is 0.720. The first kappa shape index (κ1) is 18.1. The highest BCUT2D eigenvalue weighted by Gasteiger charge is 2.57. The zero-order valence-electron chi connectivity index (χ0n) is 15.5. The van der Waals surface area contributed by atoms with Gasteiger partial charge < -0.3 is 15.6 Å². The van der Waals surface area contributed by atoms with Crippen LogP contribution in [0.25, 0.3) is 5.57 Å². The summed E-state index contributed by atoms with van der Waals surface area (Å²) in [5.74, 6) is 0.407. The van der Waals surface area contributed by atoms with Crippen molar-refractivity contribution in [2.45, 2.75) is 32.1 Å². The molecule has 2 aromatic carbocycles. The van der Waals surface area contributed by atoms with Crippen molar-refractivity contribution in [3.05, 3.63) is 65.2 Å². The standard InChI is InChI=1S/C22H25NO3/c1-14(2)12-13-22(16-6-10-18(26-3)11-7-16)19(20(22)21(24)25)15-4-8-17(23)9-5-15/h4-11,14H,12-13,23H2,1-3H3,(H,24,25). The molecule has 0 saturated heterocycles. The van der Waals surface area contributed by atoms with Crippen LogP contribution in [0.15, 0.2) is 54.1 Å². The SMILES string of the molecule is COc1ccc(C2(CCC(C)C)C(C(=O)O)=C2c2ccc(N)cc2)cc1. The molecule has 26 heavy (non-hydrogen) atoms. The Morgan fingerprint density at radius 3 is 2.23 bits per heavy atom. The summed E-state index contributed by atoms with van der Waals surface area (Å²) in [6.07, 6.45) is 1.72. The molecule has 1 unspecified atom stereocenters. The maximum absolute atomic E-state index is 12.1. The molecule has 136 valence electrons. The number of carboxylic acid groups (broad SMARTS) is 1. The maximum Gasteiger partial charge on any atom is 0.333 e. The lowest BCUT2D eigenvalue weighted by molar-refractivity contribution is -0.132. The van der Waals surface area contributed by atoms with Gasteiger partial charge in [0.05, 0.1) is 18.1 Å². The molecule has 2 aromatic rings. The van der Waals surface area contributed by atoms with Crippen LogP contribution in [0, 0.1) is 5.92 Å². The summed E-state index contributed by atoms with van der Waals surface area (Å²) in [6.45, 7) is 4.32. The van der Waals surface area contributed by atoms with E-state index in [1.165, 1.54) is 0 Å². The second-order valence-corrected chi connectivity index (χ2v) is 7.24. The number of rotatable bonds is 7. The van der Waals surface area contributed by atoms with Crippen molar-refractivity contribution in [1.29, 1.82) is 0 Å². The molecule has 1 aliphatic carbocycles. The van der Waals surface area contributed by atoms with Gasteiger partial charge in [-0.3, -0.25) is 0 Å². The number of hydrogen-bond donors (Lipinski definition) is 2. The van der Waals surface area contributed by atoms with E-state index in [4.69, 9.17) is 10.5 Å². The van der Waals surface area contributed by atoms with E-state index in [0.717, 1.165) is 35.3 Å². The van der Waals surface area contributed by atoms with Gasteiger partial charge in [0.1, 0.15) is 5.75 Å². The Morgan fingerprint density at radius 1 is 1.12 bits per heavy atom. The van der Waals surface area contributed by atoms with Gasteiger partial charge in [0.25, 0.3) is 0 Å². The van der Waals surface area contributed by atoms with Crippen LogP contribution < -0.4 is 10.5 Å². The van der Waals surface area contributed by atoms with Gasteiger partial charge in [-0.15, -0.1) is 0 Å². The van der Waals surface area contributed by atoms with Crippen LogP contribution in [0.2, 0.25) is 0 Å². The van der Waals surface area contributed by atoms with E-state index in [0.29, 0.717) is 17.2 Å². The summed E-state index contributed by atoms with van der Waals surface area (Å²) >= 11 is 0. The van der Waals surface area contributed by atoms with Gasteiger partial charge in [0.2, 0.25) is 0 Å². The van der Waals surface area contributed by atoms with E-state index in [9.17, 15) is 9.90 Å². The fourth-order valence-corrected chi connectivity index (χ4v) is 3.71. The Hall–Kier alpha value is -2.75. The number of anilines is 1. The molecule has 0 bridgehead atoms. The van der Waals surface area contributed by atoms with E-state index in [2.05, 4.69) is 13.8 Å². The molecular formula is C22H25NO3. The lowest BCUT2D eigenvalue weighted by Gasteiger charge is -2.22. The number of allylic oxidation sites excluding steroid dienone is 1. The van der Waals surface area contributed by atoms with E-state index < -0.39 is 11.4 Å². The topological polar surface area (TPSA) is 72.5 Å². The van der Waals surface area contributed by atoms with E-state index in [1.54, 1.807) is 7.11 Å². The third-order valence-corrected chi connectivity index (χ3v) is 5.13. The van der Waals surface area contributed by atoms with Crippen LogP contribution in [-0.4, -0.2) is 18.2 Å². The first-order valence-corrected chi connectivity index (χ1v) is 8.89. The summed E-state index contributed by atoms with van der Waals surface area (Å²) in [5.41, 5.74) is 9.25. The Morgan fingerprint density at radius 2 is 1.73 bits per heavy atom. The molecule has 0 aliphatic heterocycles. The number of nitrogens with two attached hydrogens (primary N) is 1. The second-order valence-electron chi connectivity index (χ2n) is 7.24. The minimum atomic E-state index is -0.851. The van der Waals surface area contributed by atoms with Crippen molar-refractivity contribution >= 4 is 17.2 Å². The number of carboxylic acids is 1. The number of benzene rings is 2. The Bertz CT molecular complexity index is 835. The molecule has 0 saturated carbocycles.